The van der Waals surface area contributed by atoms with Crippen LogP contribution in [0.3, 0.4) is 0 Å². The van der Waals surface area contributed by atoms with E-state index in [1.807, 2.05) is 11.9 Å². The average Bonchev–Trinajstić information content (AvgIpc) is 3.07. The van der Waals surface area contributed by atoms with Crippen molar-refractivity contribution < 1.29 is 4.74 Å². The summed E-state index contributed by atoms with van der Waals surface area (Å²) in [6, 6.07) is 0.955. The molecule has 1 aromatic rings. The Hall–Kier alpha value is -0.500. The first-order valence-corrected chi connectivity index (χ1v) is 9.56. The molecule has 0 aromatic carbocycles. The van der Waals surface area contributed by atoms with Crippen LogP contribution in [0.25, 0.3) is 0 Å². The second kappa shape index (κ2) is 5.85. The van der Waals surface area contributed by atoms with Crippen molar-refractivity contribution >= 4 is 49.8 Å². The Kier molecular flexibility index (Phi) is 4.00. The van der Waals surface area contributed by atoms with Gasteiger partial charge in [-0.1, -0.05) is 11.6 Å². The molecule has 0 N–H and O–H groups in total. The number of piperidine rings is 1. The first kappa shape index (κ1) is 15.1. The van der Waals surface area contributed by atoms with Crippen LogP contribution in [0.4, 0.5) is 10.9 Å². The molecule has 2 saturated heterocycles. The number of fused-ring (bicyclic) bond motifs is 2. The molecule has 0 amide bonds. The van der Waals surface area contributed by atoms with E-state index in [2.05, 4.69) is 31.1 Å². The zero-order valence-electron chi connectivity index (χ0n) is 12.3. The maximum Gasteiger partial charge on any atom is 0.188 e. The fourth-order valence-electron chi connectivity index (χ4n) is 3.42. The smallest absolute Gasteiger partial charge is 0.188 e. The predicted octanol–water partition coefficient (Wildman–Crippen LogP) is 3.37. The molecule has 4 heterocycles. The quantitative estimate of drug-likeness (QED) is 0.704. The van der Waals surface area contributed by atoms with Crippen LogP contribution < -0.4 is 9.80 Å². The minimum atomic E-state index is 0.477. The molecule has 0 radical (unpaired) electrons. The number of ether oxygens (including phenoxy) is 1. The maximum atomic E-state index is 6.40. The van der Waals surface area contributed by atoms with Crippen LogP contribution in [-0.2, 0) is 4.74 Å². The van der Waals surface area contributed by atoms with Crippen molar-refractivity contribution in [1.29, 1.82) is 0 Å². The van der Waals surface area contributed by atoms with Crippen molar-refractivity contribution in [2.75, 3.05) is 36.7 Å². The van der Waals surface area contributed by atoms with Crippen LogP contribution in [0, 0.1) is 0 Å². The number of halogens is 2. The predicted molar refractivity (Wildman–Crippen MR) is 93.8 cm³/mol. The molecule has 4 rings (SSSR count). The van der Waals surface area contributed by atoms with Crippen molar-refractivity contribution in [2.45, 2.75) is 31.3 Å². The highest BCUT2D eigenvalue weighted by Gasteiger charge is 2.37. The van der Waals surface area contributed by atoms with Gasteiger partial charge in [-0.2, -0.15) is 0 Å². The van der Waals surface area contributed by atoms with Crippen molar-refractivity contribution in [3.05, 3.63) is 15.1 Å². The summed E-state index contributed by atoms with van der Waals surface area (Å²) in [6.45, 7) is 2.37. The SMILES string of the molecule is CN1CN(c2csc(N3[C@@H]4CCC[C@H]3COC4)n2)C(Cl)=C1Br. The van der Waals surface area contributed by atoms with Crippen LogP contribution in [-0.4, -0.2) is 48.9 Å². The van der Waals surface area contributed by atoms with Crippen LogP contribution in [0.15, 0.2) is 15.1 Å². The summed E-state index contributed by atoms with van der Waals surface area (Å²) < 4.78 is 6.63. The van der Waals surface area contributed by atoms with Gasteiger partial charge in [-0.25, -0.2) is 4.98 Å². The van der Waals surface area contributed by atoms with Crippen LogP contribution >= 0.6 is 38.9 Å². The molecule has 5 nitrogen and oxygen atoms in total. The average molecular weight is 406 g/mol. The van der Waals surface area contributed by atoms with E-state index in [0.717, 1.165) is 35.4 Å². The Balaban J connectivity index is 1.60. The lowest BCUT2D eigenvalue weighted by Gasteiger charge is -2.45. The Morgan fingerprint density at radius 1 is 1.36 bits per heavy atom. The van der Waals surface area contributed by atoms with E-state index in [1.165, 1.54) is 19.3 Å². The summed E-state index contributed by atoms with van der Waals surface area (Å²) in [5.41, 5.74) is 0. The standard InChI is InChI=1S/C14H18BrClN4OS/c1-18-8-19(13(16)12(18)15)11-7-22-14(17-11)20-9-3-2-4-10(20)6-21-5-9/h7,9-10H,2-6,8H2,1H3/t9-,10+. The number of anilines is 2. The van der Waals surface area contributed by atoms with Gasteiger partial charge in [0, 0.05) is 12.4 Å². The van der Waals surface area contributed by atoms with Gasteiger partial charge in [0.2, 0.25) is 0 Å². The number of morpholine rings is 1. The molecule has 3 aliphatic heterocycles. The summed E-state index contributed by atoms with van der Waals surface area (Å²) >= 11 is 11.6. The van der Waals surface area contributed by atoms with Gasteiger partial charge >= 0.3 is 0 Å². The van der Waals surface area contributed by atoms with E-state index in [-0.39, 0.29) is 0 Å². The number of hydrogen-bond acceptors (Lipinski definition) is 6. The lowest BCUT2D eigenvalue weighted by atomic mass is 9.95. The fourth-order valence-corrected chi connectivity index (χ4v) is 4.99. The summed E-state index contributed by atoms with van der Waals surface area (Å²) in [5, 5.41) is 3.90. The Labute approximate surface area is 147 Å². The van der Waals surface area contributed by atoms with Gasteiger partial charge in [0.15, 0.2) is 5.13 Å². The topological polar surface area (TPSA) is 31.8 Å². The molecule has 0 saturated carbocycles. The first-order chi connectivity index (χ1) is 10.6. The van der Waals surface area contributed by atoms with E-state index >= 15 is 0 Å². The van der Waals surface area contributed by atoms with Crippen molar-refractivity contribution in [2.24, 2.45) is 0 Å². The van der Waals surface area contributed by atoms with Crippen molar-refractivity contribution in [3.8, 4) is 0 Å². The number of thiazole rings is 1. The van der Waals surface area contributed by atoms with Gasteiger partial charge in [-0.3, -0.25) is 4.90 Å². The first-order valence-electron chi connectivity index (χ1n) is 7.50. The van der Waals surface area contributed by atoms with E-state index in [4.69, 9.17) is 21.3 Å². The minimum Gasteiger partial charge on any atom is -0.377 e. The molecular formula is C14H18BrClN4OS. The Bertz CT molecular complexity index is 587. The number of aromatic nitrogens is 1. The molecule has 0 spiro atoms. The molecule has 22 heavy (non-hydrogen) atoms. The summed E-state index contributed by atoms with van der Waals surface area (Å²) in [7, 11) is 2.01. The van der Waals surface area contributed by atoms with Gasteiger partial charge in [-0.15, -0.1) is 11.3 Å². The molecule has 2 bridgehead atoms. The fraction of sp³-hybridized carbons (Fsp3) is 0.643. The maximum absolute atomic E-state index is 6.40. The van der Waals surface area contributed by atoms with Gasteiger partial charge in [-0.05, 0) is 35.2 Å². The van der Waals surface area contributed by atoms with Crippen LogP contribution in [0.1, 0.15) is 19.3 Å². The van der Waals surface area contributed by atoms with E-state index in [9.17, 15) is 0 Å². The highest BCUT2D eigenvalue weighted by molar-refractivity contribution is 9.11. The highest BCUT2D eigenvalue weighted by Crippen LogP contribution is 2.39. The zero-order chi connectivity index (χ0) is 15.3. The Morgan fingerprint density at radius 3 is 2.73 bits per heavy atom. The van der Waals surface area contributed by atoms with Gasteiger partial charge in [0.25, 0.3) is 0 Å². The number of rotatable bonds is 2. The number of nitrogens with zero attached hydrogens (tertiary/aromatic N) is 4. The second-order valence-electron chi connectivity index (χ2n) is 6.02. The summed E-state index contributed by atoms with van der Waals surface area (Å²) in [4.78, 5) is 11.4. The van der Waals surface area contributed by atoms with E-state index < -0.39 is 0 Å². The van der Waals surface area contributed by atoms with E-state index in [0.29, 0.717) is 17.2 Å². The highest BCUT2D eigenvalue weighted by atomic mass is 79.9. The second-order valence-corrected chi connectivity index (χ2v) is 7.97. The van der Waals surface area contributed by atoms with Gasteiger partial charge in [0.1, 0.15) is 15.6 Å². The molecule has 2 fully saturated rings. The largest absolute Gasteiger partial charge is 0.377 e. The third kappa shape index (κ3) is 2.42. The van der Waals surface area contributed by atoms with E-state index in [1.54, 1.807) is 11.3 Å². The van der Waals surface area contributed by atoms with Crippen molar-refractivity contribution in [3.63, 3.8) is 0 Å². The summed E-state index contributed by atoms with van der Waals surface area (Å²) in [6.07, 6.45) is 3.69. The van der Waals surface area contributed by atoms with Crippen LogP contribution in [0.5, 0.6) is 0 Å². The third-order valence-corrected chi connectivity index (χ3v) is 6.99. The molecule has 0 unspecified atom stereocenters. The lowest BCUT2D eigenvalue weighted by Crippen LogP contribution is -2.55. The van der Waals surface area contributed by atoms with Crippen LogP contribution in [0.2, 0.25) is 0 Å². The summed E-state index contributed by atoms with van der Waals surface area (Å²) in [5.74, 6) is 0.927. The molecule has 120 valence electrons. The lowest BCUT2D eigenvalue weighted by molar-refractivity contribution is 0.0463. The molecule has 0 aliphatic carbocycles. The monoisotopic (exact) mass is 404 g/mol. The number of hydrogen-bond donors (Lipinski definition) is 0. The molecule has 1 aromatic heterocycles. The van der Waals surface area contributed by atoms with Gasteiger partial charge in [0.05, 0.1) is 32.0 Å². The Morgan fingerprint density at radius 2 is 2.09 bits per heavy atom. The molecule has 8 heteroatoms. The minimum absolute atomic E-state index is 0.477. The molecular weight excluding hydrogens is 388 g/mol. The third-order valence-electron chi connectivity index (χ3n) is 4.56. The molecule has 3 aliphatic rings. The van der Waals surface area contributed by atoms with Crippen molar-refractivity contribution in [1.82, 2.24) is 9.88 Å². The molecule has 2 atom stereocenters. The zero-order valence-corrected chi connectivity index (χ0v) is 15.5. The normalized spacial score (nSPS) is 28.8. The van der Waals surface area contributed by atoms with Gasteiger partial charge < -0.3 is 14.5 Å².